The summed E-state index contributed by atoms with van der Waals surface area (Å²) in [5.74, 6) is 0. The van der Waals surface area contributed by atoms with Crippen LogP contribution in [0.2, 0.25) is 0 Å². The number of ether oxygens (including phenoxy) is 1. The zero-order valence-electron chi connectivity index (χ0n) is 6.17. The van der Waals surface area contributed by atoms with Gasteiger partial charge < -0.3 is 25.2 Å². The van der Waals surface area contributed by atoms with Gasteiger partial charge in [-0.3, -0.25) is 0 Å². The number of hydrogen-bond donors (Lipinski definition) is 4. The maximum atomic E-state index is 9.25. The first kappa shape index (κ1) is 10.4. The first-order valence-corrected chi connectivity index (χ1v) is 4.44. The Hall–Kier alpha value is 0.280. The molecule has 1 heterocycles. The van der Waals surface area contributed by atoms with Gasteiger partial charge in [0.05, 0.1) is 6.61 Å². The van der Waals surface area contributed by atoms with Gasteiger partial charge >= 0.3 is 0 Å². The number of alkyl halides is 1. The van der Waals surface area contributed by atoms with Gasteiger partial charge in [-0.25, -0.2) is 0 Å². The summed E-state index contributed by atoms with van der Waals surface area (Å²) >= 11 is 2.96. The maximum Gasteiger partial charge on any atom is 0.141 e. The van der Waals surface area contributed by atoms with E-state index in [-0.39, 0.29) is 0 Å². The molecule has 0 aromatic rings. The first-order chi connectivity index (χ1) is 5.57. The Balaban J connectivity index is 2.58. The Labute approximate surface area is 77.7 Å². The van der Waals surface area contributed by atoms with Crippen LogP contribution in [-0.4, -0.2) is 56.5 Å². The van der Waals surface area contributed by atoms with Crippen molar-refractivity contribution in [1.82, 2.24) is 0 Å². The summed E-state index contributed by atoms with van der Waals surface area (Å²) in [5, 5.41) is 35.4. The van der Waals surface area contributed by atoms with Gasteiger partial charge in [0.2, 0.25) is 0 Å². The number of halogens is 1. The van der Waals surface area contributed by atoms with E-state index >= 15 is 0 Å². The molecule has 0 bridgehead atoms. The number of aliphatic hydroxyl groups excluding tert-OH is 4. The van der Waals surface area contributed by atoms with Crippen molar-refractivity contribution in [3.8, 4) is 0 Å². The summed E-state index contributed by atoms with van der Waals surface area (Å²) in [6.07, 6.45) is -4.35. The van der Waals surface area contributed by atoms with Crippen molar-refractivity contribution in [2.75, 3.05) is 6.61 Å². The lowest BCUT2D eigenvalue weighted by atomic mass is 10.1. The Morgan fingerprint density at radius 3 is 2.25 bits per heavy atom. The summed E-state index contributed by atoms with van der Waals surface area (Å²) in [6.45, 7) is -0.506. The van der Waals surface area contributed by atoms with E-state index in [1.807, 2.05) is 0 Å². The molecule has 4 N–H and O–H groups in total. The smallest absolute Gasteiger partial charge is 0.141 e. The van der Waals surface area contributed by atoms with Crippen LogP contribution >= 0.6 is 15.9 Å². The van der Waals surface area contributed by atoms with E-state index in [1.165, 1.54) is 0 Å². The molecule has 0 aliphatic carbocycles. The van der Waals surface area contributed by atoms with Crippen LogP contribution in [0.1, 0.15) is 0 Å². The minimum atomic E-state index is -1.17. The molecule has 5 nitrogen and oxygen atoms in total. The lowest BCUT2D eigenvalue weighted by molar-refractivity contribution is -0.0707. The van der Waals surface area contributed by atoms with Crippen LogP contribution in [-0.2, 0) is 4.74 Å². The molecule has 1 aliphatic heterocycles. The average molecular weight is 243 g/mol. The molecule has 0 amide bonds. The van der Waals surface area contributed by atoms with Crippen molar-refractivity contribution < 1.29 is 25.2 Å². The minimum absolute atomic E-state index is 0.506. The molecule has 1 saturated heterocycles. The van der Waals surface area contributed by atoms with Crippen molar-refractivity contribution in [2.45, 2.75) is 29.4 Å². The monoisotopic (exact) mass is 242 g/mol. The van der Waals surface area contributed by atoms with E-state index in [0.717, 1.165) is 0 Å². The van der Waals surface area contributed by atoms with E-state index in [4.69, 9.17) is 20.1 Å². The molecule has 1 aliphatic rings. The van der Waals surface area contributed by atoms with Gasteiger partial charge in [0, 0.05) is 0 Å². The van der Waals surface area contributed by atoms with Crippen LogP contribution in [0.5, 0.6) is 0 Å². The summed E-state index contributed by atoms with van der Waals surface area (Å²) in [4.78, 5) is 0. The van der Waals surface area contributed by atoms with Crippen molar-refractivity contribution in [3.63, 3.8) is 0 Å². The molecule has 1 rings (SSSR count). The fraction of sp³-hybridized carbons (Fsp3) is 1.00. The van der Waals surface area contributed by atoms with Crippen LogP contribution in [0, 0.1) is 0 Å². The molecule has 0 aromatic heterocycles. The molecule has 0 radical (unpaired) electrons. The normalized spacial score (nSPS) is 44.8. The molecule has 0 saturated carbocycles. The van der Waals surface area contributed by atoms with Crippen LogP contribution in [0.4, 0.5) is 0 Å². The number of hydrogen-bond acceptors (Lipinski definition) is 5. The van der Waals surface area contributed by atoms with E-state index in [1.54, 1.807) is 0 Å². The van der Waals surface area contributed by atoms with Crippen molar-refractivity contribution in [1.29, 1.82) is 0 Å². The van der Waals surface area contributed by atoms with E-state index in [9.17, 15) is 5.11 Å². The SMILES string of the molecule is OC[C@@H](O)[C@H]1O[C@H](Br)[C@@H](O)[C@H]1O. The molecule has 0 unspecified atom stereocenters. The molecule has 0 aromatic carbocycles. The van der Waals surface area contributed by atoms with Gasteiger partial charge in [-0.05, 0) is 0 Å². The number of rotatable bonds is 2. The van der Waals surface area contributed by atoms with Gasteiger partial charge in [-0.15, -0.1) is 0 Å². The molecule has 6 heteroatoms. The second-order valence-corrected chi connectivity index (χ2v) is 3.59. The molecular formula is C6H11BrO5. The zero-order valence-corrected chi connectivity index (χ0v) is 7.75. The Morgan fingerprint density at radius 2 is 1.92 bits per heavy atom. The Kier molecular flexibility index (Phi) is 3.45. The summed E-state index contributed by atoms with van der Waals surface area (Å²) in [6, 6.07) is 0. The standard InChI is InChI=1S/C6H11BrO5/c7-6-4(11)3(10)5(12-6)2(9)1-8/h2-6,8-11H,1H2/t2-,3-,4+,5-,6+/m1/s1. The van der Waals surface area contributed by atoms with Gasteiger partial charge in [0.25, 0.3) is 0 Å². The van der Waals surface area contributed by atoms with Crippen LogP contribution in [0.3, 0.4) is 0 Å². The fourth-order valence-electron chi connectivity index (χ4n) is 1.08. The topological polar surface area (TPSA) is 90.2 Å². The van der Waals surface area contributed by atoms with Gasteiger partial charge in [0.1, 0.15) is 29.4 Å². The molecule has 0 spiro atoms. The summed E-state index contributed by atoms with van der Waals surface area (Å²) < 4.78 is 4.95. The van der Waals surface area contributed by atoms with E-state index < -0.39 is 36.0 Å². The summed E-state index contributed by atoms with van der Waals surface area (Å²) in [5.41, 5.74) is 0. The minimum Gasteiger partial charge on any atom is -0.394 e. The summed E-state index contributed by atoms with van der Waals surface area (Å²) in [7, 11) is 0. The van der Waals surface area contributed by atoms with E-state index in [0.29, 0.717) is 0 Å². The molecule has 1 fully saturated rings. The lowest BCUT2D eigenvalue weighted by Crippen LogP contribution is -2.40. The zero-order chi connectivity index (χ0) is 9.30. The van der Waals surface area contributed by atoms with Crippen molar-refractivity contribution >= 4 is 15.9 Å². The molecular weight excluding hydrogens is 232 g/mol. The van der Waals surface area contributed by atoms with Crippen LogP contribution < -0.4 is 0 Å². The third-order valence-electron chi connectivity index (χ3n) is 1.81. The Bertz CT molecular complexity index is 155. The van der Waals surface area contributed by atoms with Crippen molar-refractivity contribution in [2.24, 2.45) is 0 Å². The molecule has 12 heavy (non-hydrogen) atoms. The first-order valence-electron chi connectivity index (χ1n) is 3.52. The van der Waals surface area contributed by atoms with E-state index in [2.05, 4.69) is 15.9 Å². The van der Waals surface area contributed by atoms with Gasteiger partial charge in [-0.2, -0.15) is 0 Å². The largest absolute Gasteiger partial charge is 0.394 e. The van der Waals surface area contributed by atoms with Crippen LogP contribution in [0.25, 0.3) is 0 Å². The quantitative estimate of drug-likeness (QED) is 0.429. The highest BCUT2D eigenvalue weighted by Gasteiger charge is 2.44. The lowest BCUT2D eigenvalue weighted by Gasteiger charge is -2.18. The highest BCUT2D eigenvalue weighted by atomic mass is 79.9. The maximum absolute atomic E-state index is 9.25. The Morgan fingerprint density at radius 1 is 1.33 bits per heavy atom. The van der Waals surface area contributed by atoms with Gasteiger partial charge in [0.15, 0.2) is 0 Å². The molecule has 72 valence electrons. The highest BCUT2D eigenvalue weighted by Crippen LogP contribution is 2.26. The second-order valence-electron chi connectivity index (χ2n) is 2.68. The predicted molar refractivity (Wildman–Crippen MR) is 42.7 cm³/mol. The van der Waals surface area contributed by atoms with Crippen molar-refractivity contribution in [3.05, 3.63) is 0 Å². The average Bonchev–Trinajstić information content (AvgIpc) is 2.32. The highest BCUT2D eigenvalue weighted by molar-refractivity contribution is 9.09. The molecule has 5 atom stereocenters. The van der Waals surface area contributed by atoms with Gasteiger partial charge in [-0.1, -0.05) is 15.9 Å². The second kappa shape index (κ2) is 3.99. The predicted octanol–water partition coefficient (Wildman–Crippen LogP) is -1.82. The number of aliphatic hydroxyl groups is 4. The van der Waals surface area contributed by atoms with Crippen LogP contribution in [0.15, 0.2) is 0 Å². The third kappa shape index (κ3) is 1.78. The third-order valence-corrected chi connectivity index (χ3v) is 2.57. The fourth-order valence-corrected chi connectivity index (χ4v) is 1.64.